The van der Waals surface area contributed by atoms with Crippen LogP contribution in [0.15, 0.2) is 78.9 Å². The van der Waals surface area contributed by atoms with Crippen LogP contribution in [0.4, 0.5) is 5.69 Å². The third-order valence-electron chi connectivity index (χ3n) is 4.66. The van der Waals surface area contributed by atoms with Crippen LogP contribution < -0.4 is 4.90 Å². The third-order valence-corrected chi connectivity index (χ3v) is 4.66. The van der Waals surface area contributed by atoms with Crippen molar-refractivity contribution in [3.8, 4) is 0 Å². The van der Waals surface area contributed by atoms with E-state index in [1.165, 1.54) is 27.9 Å². The lowest BCUT2D eigenvalue weighted by Crippen LogP contribution is -2.24. The third kappa shape index (κ3) is 4.74. The highest BCUT2D eigenvalue weighted by atomic mass is 16.3. The van der Waals surface area contributed by atoms with Crippen molar-refractivity contribution in [2.75, 3.05) is 4.90 Å². The maximum atomic E-state index is 10.00. The zero-order valence-electron chi connectivity index (χ0n) is 15.6. The Bertz CT molecular complexity index is 771. The standard InChI is InChI=1S/C24H27NO/c1-19-10-9-15-24(23(19)16-20(2)26)25(17-21-11-5-3-6-12-21)18-22-13-7-4-8-14-22/h3-15,20,26H,16-18H2,1-2H3. The van der Waals surface area contributed by atoms with Gasteiger partial charge in [0.1, 0.15) is 0 Å². The average Bonchev–Trinajstić information content (AvgIpc) is 2.64. The first kappa shape index (κ1) is 18.2. The second-order valence-corrected chi connectivity index (χ2v) is 6.95. The van der Waals surface area contributed by atoms with Gasteiger partial charge in [0.05, 0.1) is 6.10 Å². The minimum Gasteiger partial charge on any atom is -0.393 e. The molecular formula is C24H27NO. The maximum Gasteiger partial charge on any atom is 0.0553 e. The number of aliphatic hydroxyl groups excluding tert-OH is 1. The minimum absolute atomic E-state index is 0.356. The molecule has 1 N–H and O–H groups in total. The van der Waals surface area contributed by atoms with Crippen LogP contribution >= 0.6 is 0 Å². The highest BCUT2D eigenvalue weighted by Gasteiger charge is 2.15. The normalized spacial score (nSPS) is 12.0. The van der Waals surface area contributed by atoms with E-state index in [0.717, 1.165) is 13.1 Å². The molecule has 0 saturated carbocycles. The van der Waals surface area contributed by atoms with Crippen molar-refractivity contribution in [3.05, 3.63) is 101 Å². The van der Waals surface area contributed by atoms with Gasteiger partial charge in [0, 0.05) is 25.2 Å². The van der Waals surface area contributed by atoms with Crippen LogP contribution in [0.25, 0.3) is 0 Å². The van der Waals surface area contributed by atoms with E-state index < -0.39 is 0 Å². The molecule has 2 heteroatoms. The lowest BCUT2D eigenvalue weighted by Gasteiger charge is -2.29. The molecular weight excluding hydrogens is 318 g/mol. The molecule has 3 rings (SSSR count). The topological polar surface area (TPSA) is 23.5 Å². The fourth-order valence-electron chi connectivity index (χ4n) is 3.38. The molecule has 0 fully saturated rings. The van der Waals surface area contributed by atoms with E-state index in [9.17, 15) is 5.11 Å². The Balaban J connectivity index is 1.98. The van der Waals surface area contributed by atoms with Gasteiger partial charge in [0.25, 0.3) is 0 Å². The average molecular weight is 345 g/mol. The van der Waals surface area contributed by atoms with Crippen molar-refractivity contribution in [1.29, 1.82) is 0 Å². The highest BCUT2D eigenvalue weighted by molar-refractivity contribution is 5.57. The van der Waals surface area contributed by atoms with Crippen molar-refractivity contribution >= 4 is 5.69 Å². The number of nitrogens with zero attached hydrogens (tertiary/aromatic N) is 1. The molecule has 3 aromatic carbocycles. The fraction of sp³-hybridized carbons (Fsp3) is 0.250. The van der Waals surface area contributed by atoms with Crippen LogP contribution in [0.3, 0.4) is 0 Å². The van der Waals surface area contributed by atoms with Crippen LogP contribution in [0, 0.1) is 6.92 Å². The van der Waals surface area contributed by atoms with Crippen LogP contribution in [-0.4, -0.2) is 11.2 Å². The maximum absolute atomic E-state index is 10.00. The van der Waals surface area contributed by atoms with Gasteiger partial charge in [-0.2, -0.15) is 0 Å². The molecule has 0 aliphatic carbocycles. The summed E-state index contributed by atoms with van der Waals surface area (Å²) in [6.45, 7) is 5.66. The molecule has 3 aromatic rings. The number of benzene rings is 3. The molecule has 0 radical (unpaired) electrons. The van der Waals surface area contributed by atoms with E-state index in [2.05, 4.69) is 90.7 Å². The molecule has 26 heavy (non-hydrogen) atoms. The van der Waals surface area contributed by atoms with E-state index >= 15 is 0 Å². The summed E-state index contributed by atoms with van der Waals surface area (Å²) >= 11 is 0. The van der Waals surface area contributed by atoms with Crippen LogP contribution in [-0.2, 0) is 19.5 Å². The molecule has 0 bridgehead atoms. The number of hydrogen-bond donors (Lipinski definition) is 1. The van der Waals surface area contributed by atoms with E-state index in [4.69, 9.17) is 0 Å². The lowest BCUT2D eigenvalue weighted by atomic mass is 9.99. The predicted octanol–water partition coefficient (Wildman–Crippen LogP) is 5.13. The first-order valence-corrected chi connectivity index (χ1v) is 9.23. The number of aliphatic hydroxyl groups is 1. The van der Waals surface area contributed by atoms with Crippen molar-refractivity contribution in [2.24, 2.45) is 0 Å². The molecule has 1 unspecified atom stereocenters. The van der Waals surface area contributed by atoms with E-state index in [-0.39, 0.29) is 6.10 Å². The van der Waals surface area contributed by atoms with Crippen LogP contribution in [0.5, 0.6) is 0 Å². The molecule has 0 heterocycles. The molecule has 134 valence electrons. The summed E-state index contributed by atoms with van der Waals surface area (Å²) in [5, 5.41) is 10.00. The van der Waals surface area contributed by atoms with Crippen LogP contribution in [0.2, 0.25) is 0 Å². The molecule has 2 nitrogen and oxygen atoms in total. The Labute approximate surface area is 156 Å². The summed E-state index contributed by atoms with van der Waals surface area (Å²) < 4.78 is 0. The molecule has 0 aliphatic rings. The van der Waals surface area contributed by atoms with Gasteiger partial charge < -0.3 is 10.0 Å². The number of hydrogen-bond acceptors (Lipinski definition) is 2. The first-order chi connectivity index (χ1) is 12.6. The van der Waals surface area contributed by atoms with Crippen LogP contribution in [0.1, 0.15) is 29.2 Å². The molecule has 0 aliphatic heterocycles. The summed E-state index contributed by atoms with van der Waals surface area (Å²) in [4.78, 5) is 2.41. The largest absolute Gasteiger partial charge is 0.393 e. The lowest BCUT2D eigenvalue weighted by molar-refractivity contribution is 0.195. The smallest absolute Gasteiger partial charge is 0.0553 e. The van der Waals surface area contributed by atoms with E-state index in [1.807, 2.05) is 6.92 Å². The predicted molar refractivity (Wildman–Crippen MR) is 109 cm³/mol. The zero-order chi connectivity index (χ0) is 18.4. The monoisotopic (exact) mass is 345 g/mol. The molecule has 0 spiro atoms. The highest BCUT2D eigenvalue weighted by Crippen LogP contribution is 2.28. The van der Waals surface area contributed by atoms with E-state index in [0.29, 0.717) is 6.42 Å². The van der Waals surface area contributed by atoms with Gasteiger partial charge in [-0.25, -0.2) is 0 Å². The van der Waals surface area contributed by atoms with Gasteiger partial charge in [0.2, 0.25) is 0 Å². The summed E-state index contributed by atoms with van der Waals surface area (Å²) in [7, 11) is 0. The molecule has 0 amide bonds. The van der Waals surface area contributed by atoms with Crippen molar-refractivity contribution in [2.45, 2.75) is 39.5 Å². The number of anilines is 1. The molecule has 1 atom stereocenters. The van der Waals surface area contributed by atoms with Gasteiger partial charge in [-0.05, 0) is 42.2 Å². The molecule has 0 saturated heterocycles. The van der Waals surface area contributed by atoms with Crippen molar-refractivity contribution in [1.82, 2.24) is 0 Å². The Morgan fingerprint density at radius 1 is 0.769 bits per heavy atom. The second kappa shape index (κ2) is 8.68. The number of rotatable bonds is 7. The summed E-state index contributed by atoms with van der Waals surface area (Å²) in [5.41, 5.74) is 6.24. The Morgan fingerprint density at radius 2 is 1.31 bits per heavy atom. The first-order valence-electron chi connectivity index (χ1n) is 9.23. The Hall–Kier alpha value is -2.58. The number of aryl methyl sites for hydroxylation is 1. The zero-order valence-corrected chi connectivity index (χ0v) is 15.6. The summed E-state index contributed by atoms with van der Waals surface area (Å²) in [5.74, 6) is 0. The Kier molecular flexibility index (Phi) is 6.08. The minimum atomic E-state index is -0.356. The van der Waals surface area contributed by atoms with Gasteiger partial charge in [0.15, 0.2) is 0 Å². The van der Waals surface area contributed by atoms with E-state index in [1.54, 1.807) is 0 Å². The Morgan fingerprint density at radius 3 is 1.81 bits per heavy atom. The van der Waals surface area contributed by atoms with Crippen molar-refractivity contribution in [3.63, 3.8) is 0 Å². The fourth-order valence-corrected chi connectivity index (χ4v) is 3.38. The summed E-state index contributed by atoms with van der Waals surface area (Å²) in [6, 6.07) is 27.5. The van der Waals surface area contributed by atoms with Crippen molar-refractivity contribution < 1.29 is 5.11 Å². The van der Waals surface area contributed by atoms with Gasteiger partial charge in [-0.3, -0.25) is 0 Å². The van der Waals surface area contributed by atoms with Gasteiger partial charge in [-0.1, -0.05) is 72.8 Å². The van der Waals surface area contributed by atoms with Gasteiger partial charge in [-0.15, -0.1) is 0 Å². The second-order valence-electron chi connectivity index (χ2n) is 6.95. The molecule has 0 aromatic heterocycles. The quantitative estimate of drug-likeness (QED) is 0.642. The van der Waals surface area contributed by atoms with Gasteiger partial charge >= 0.3 is 0 Å². The summed E-state index contributed by atoms with van der Waals surface area (Å²) in [6.07, 6.45) is 0.312. The SMILES string of the molecule is Cc1cccc(N(Cc2ccccc2)Cc2ccccc2)c1CC(C)O.